The number of carboxylic acid groups (broad SMARTS) is 1. The molecule has 0 aliphatic carbocycles. The fourth-order valence-corrected chi connectivity index (χ4v) is 2.30. The van der Waals surface area contributed by atoms with Crippen molar-refractivity contribution in [1.29, 1.82) is 0 Å². The van der Waals surface area contributed by atoms with Gasteiger partial charge in [0.2, 0.25) is 0 Å². The van der Waals surface area contributed by atoms with Crippen molar-refractivity contribution in [1.82, 2.24) is 10.4 Å². The molecule has 0 unspecified atom stereocenters. The number of hydrogen-bond donors (Lipinski definition) is 2. The van der Waals surface area contributed by atoms with Gasteiger partial charge in [-0.1, -0.05) is 63.1 Å². The van der Waals surface area contributed by atoms with Crippen molar-refractivity contribution < 1.29 is 14.7 Å². The van der Waals surface area contributed by atoms with Crippen LogP contribution in [0.3, 0.4) is 0 Å². The van der Waals surface area contributed by atoms with Gasteiger partial charge in [-0.05, 0) is 37.1 Å². The van der Waals surface area contributed by atoms with E-state index in [1.54, 1.807) is 30.3 Å². The highest BCUT2D eigenvalue weighted by molar-refractivity contribution is 5.93. The predicted molar refractivity (Wildman–Crippen MR) is 109 cm³/mol. The van der Waals surface area contributed by atoms with E-state index in [-0.39, 0.29) is 5.91 Å². The monoisotopic (exact) mass is 370 g/mol. The highest BCUT2D eigenvalue weighted by Crippen LogP contribution is 2.01. The summed E-state index contributed by atoms with van der Waals surface area (Å²) in [5, 5.41) is 10.4. The van der Waals surface area contributed by atoms with Gasteiger partial charge in [0, 0.05) is 18.7 Å². The highest BCUT2D eigenvalue weighted by atomic mass is 16.4. The van der Waals surface area contributed by atoms with Gasteiger partial charge in [-0.15, -0.1) is 0 Å². The topological polar surface area (TPSA) is 69.6 Å². The zero-order valence-corrected chi connectivity index (χ0v) is 16.2. The lowest BCUT2D eigenvalue weighted by Crippen LogP contribution is -2.43. The molecule has 5 nitrogen and oxygen atoms in total. The second-order valence-electron chi connectivity index (χ2n) is 6.17. The number of unbranched alkanes of at least 4 members (excludes halogenated alkanes) is 2. The van der Waals surface area contributed by atoms with Gasteiger partial charge in [-0.2, -0.15) is 0 Å². The largest absolute Gasteiger partial charge is 0.478 e. The minimum atomic E-state index is -0.879. The molecule has 0 saturated carbocycles. The third-order valence-corrected chi connectivity index (χ3v) is 3.88. The van der Waals surface area contributed by atoms with Gasteiger partial charge >= 0.3 is 5.97 Å². The Hall–Kier alpha value is -2.66. The van der Waals surface area contributed by atoms with Crippen LogP contribution in [0.15, 0.2) is 60.7 Å². The summed E-state index contributed by atoms with van der Waals surface area (Å²) in [6.45, 7) is 6.18. The molecule has 0 fully saturated rings. The number of carboxylic acids is 1. The first-order valence-corrected chi connectivity index (χ1v) is 9.47. The first-order chi connectivity index (χ1) is 13.1. The SMILES string of the molecule is CCCCN(CCCC)NC(=O)c1ccccc1.O=C(O)c1ccccc1. The quantitative estimate of drug-likeness (QED) is 0.632. The van der Waals surface area contributed by atoms with Gasteiger partial charge in [0.1, 0.15) is 0 Å². The Kier molecular flexibility index (Phi) is 11.2. The summed E-state index contributed by atoms with van der Waals surface area (Å²) >= 11 is 0. The number of nitrogens with one attached hydrogen (secondary N) is 1. The Morgan fingerprint density at radius 2 is 1.26 bits per heavy atom. The van der Waals surface area contributed by atoms with E-state index in [0.717, 1.165) is 44.3 Å². The van der Waals surface area contributed by atoms with Crippen LogP contribution in [0.2, 0.25) is 0 Å². The molecule has 2 rings (SSSR count). The minimum Gasteiger partial charge on any atom is -0.478 e. The normalized spacial score (nSPS) is 10.0. The molecule has 2 aromatic carbocycles. The second-order valence-corrected chi connectivity index (χ2v) is 6.17. The first kappa shape index (κ1) is 22.4. The molecule has 5 heteroatoms. The van der Waals surface area contributed by atoms with Crippen LogP contribution >= 0.6 is 0 Å². The molecule has 0 atom stereocenters. The molecule has 0 spiro atoms. The van der Waals surface area contributed by atoms with Crippen LogP contribution in [0, 0.1) is 0 Å². The van der Waals surface area contributed by atoms with Crippen LogP contribution in [-0.2, 0) is 0 Å². The summed E-state index contributed by atoms with van der Waals surface area (Å²) in [4.78, 5) is 22.2. The molecule has 2 aromatic rings. The van der Waals surface area contributed by atoms with Crippen LogP contribution in [0.1, 0.15) is 60.2 Å². The van der Waals surface area contributed by atoms with Gasteiger partial charge in [0.15, 0.2) is 0 Å². The van der Waals surface area contributed by atoms with Gasteiger partial charge in [-0.3, -0.25) is 10.2 Å². The predicted octanol–water partition coefficient (Wildman–Crippen LogP) is 4.62. The molecule has 146 valence electrons. The maximum Gasteiger partial charge on any atom is 0.335 e. The van der Waals surface area contributed by atoms with Crippen molar-refractivity contribution in [2.75, 3.05) is 13.1 Å². The number of aromatic carboxylic acids is 1. The summed E-state index contributed by atoms with van der Waals surface area (Å²) in [7, 11) is 0. The number of rotatable bonds is 9. The highest BCUT2D eigenvalue weighted by Gasteiger charge is 2.09. The molecule has 0 heterocycles. The second kappa shape index (κ2) is 13.5. The van der Waals surface area contributed by atoms with Crippen LogP contribution in [0.25, 0.3) is 0 Å². The lowest BCUT2D eigenvalue weighted by Gasteiger charge is -2.22. The van der Waals surface area contributed by atoms with E-state index in [9.17, 15) is 9.59 Å². The fourth-order valence-electron chi connectivity index (χ4n) is 2.30. The van der Waals surface area contributed by atoms with E-state index in [2.05, 4.69) is 19.3 Å². The van der Waals surface area contributed by atoms with Crippen molar-refractivity contribution in [3.8, 4) is 0 Å². The number of hydrogen-bond acceptors (Lipinski definition) is 3. The van der Waals surface area contributed by atoms with Crippen LogP contribution in [0.4, 0.5) is 0 Å². The zero-order valence-electron chi connectivity index (χ0n) is 16.2. The Morgan fingerprint density at radius 3 is 1.63 bits per heavy atom. The number of benzene rings is 2. The number of amides is 1. The molecule has 0 aliphatic heterocycles. The third-order valence-electron chi connectivity index (χ3n) is 3.88. The molecule has 0 radical (unpaired) electrons. The molecule has 0 bridgehead atoms. The van der Waals surface area contributed by atoms with Crippen molar-refractivity contribution in [3.05, 3.63) is 71.8 Å². The van der Waals surface area contributed by atoms with Crippen LogP contribution in [0.5, 0.6) is 0 Å². The number of carbonyl (C=O) groups excluding carboxylic acids is 1. The van der Waals surface area contributed by atoms with E-state index in [0.29, 0.717) is 5.56 Å². The van der Waals surface area contributed by atoms with E-state index in [1.165, 1.54) is 0 Å². The molecule has 2 N–H and O–H groups in total. The maximum absolute atomic E-state index is 12.0. The van der Waals surface area contributed by atoms with Crippen LogP contribution < -0.4 is 5.43 Å². The Morgan fingerprint density at radius 1 is 0.815 bits per heavy atom. The molecule has 27 heavy (non-hydrogen) atoms. The van der Waals surface area contributed by atoms with Crippen LogP contribution in [-0.4, -0.2) is 35.1 Å². The molecular weight excluding hydrogens is 340 g/mol. The Bertz CT molecular complexity index is 652. The summed E-state index contributed by atoms with van der Waals surface area (Å²) in [5.74, 6) is -0.890. The molecule has 0 saturated heterocycles. The summed E-state index contributed by atoms with van der Waals surface area (Å²) < 4.78 is 0. The average Bonchev–Trinajstić information content (AvgIpc) is 2.71. The Labute approximate surface area is 162 Å². The summed E-state index contributed by atoms with van der Waals surface area (Å²) in [6, 6.07) is 17.7. The average molecular weight is 370 g/mol. The van der Waals surface area contributed by atoms with Gasteiger partial charge in [0.25, 0.3) is 5.91 Å². The van der Waals surface area contributed by atoms with E-state index in [4.69, 9.17) is 5.11 Å². The van der Waals surface area contributed by atoms with E-state index in [1.807, 2.05) is 35.3 Å². The summed E-state index contributed by atoms with van der Waals surface area (Å²) in [5.41, 5.74) is 4.05. The minimum absolute atomic E-state index is 0.0113. The van der Waals surface area contributed by atoms with Gasteiger partial charge in [-0.25, -0.2) is 9.80 Å². The molecule has 0 aliphatic rings. The van der Waals surface area contributed by atoms with E-state index >= 15 is 0 Å². The van der Waals surface area contributed by atoms with Gasteiger partial charge < -0.3 is 5.11 Å². The first-order valence-electron chi connectivity index (χ1n) is 9.47. The lowest BCUT2D eigenvalue weighted by molar-refractivity contribution is 0.0696. The Balaban J connectivity index is 0.000000337. The number of carbonyl (C=O) groups is 2. The van der Waals surface area contributed by atoms with Crippen molar-refractivity contribution >= 4 is 11.9 Å². The fraction of sp³-hybridized carbons (Fsp3) is 0.364. The maximum atomic E-state index is 12.0. The third kappa shape index (κ3) is 9.56. The molecular formula is C22H30N2O3. The zero-order chi connectivity index (χ0) is 19.9. The van der Waals surface area contributed by atoms with Crippen molar-refractivity contribution in [2.45, 2.75) is 39.5 Å². The smallest absolute Gasteiger partial charge is 0.335 e. The molecule has 1 amide bonds. The van der Waals surface area contributed by atoms with E-state index < -0.39 is 5.97 Å². The lowest BCUT2D eigenvalue weighted by atomic mass is 10.2. The van der Waals surface area contributed by atoms with Crippen molar-refractivity contribution in [3.63, 3.8) is 0 Å². The van der Waals surface area contributed by atoms with Gasteiger partial charge in [0.05, 0.1) is 5.56 Å². The standard InChI is InChI=1S/C15H24N2O.C7H6O2/c1-3-5-12-17(13-6-4-2)16-15(18)14-10-8-7-9-11-14;8-7(9)6-4-2-1-3-5-6/h7-11H,3-6,12-13H2,1-2H3,(H,16,18);1-5H,(H,8,9). The number of hydrazine groups is 1. The van der Waals surface area contributed by atoms with Crippen molar-refractivity contribution in [2.24, 2.45) is 0 Å². The number of nitrogens with zero attached hydrogens (tertiary/aromatic N) is 1. The summed E-state index contributed by atoms with van der Waals surface area (Å²) in [6.07, 6.45) is 4.51. The molecule has 0 aromatic heterocycles.